The van der Waals surface area contributed by atoms with Crippen LogP contribution in [0, 0.1) is 0 Å². The summed E-state index contributed by atoms with van der Waals surface area (Å²) in [5, 5.41) is 0. The molecule has 0 radical (unpaired) electrons. The fourth-order valence-corrected chi connectivity index (χ4v) is 4.05. The lowest BCUT2D eigenvalue weighted by Crippen LogP contribution is -2.28. The van der Waals surface area contributed by atoms with Gasteiger partial charge in [-0.05, 0) is 47.5 Å². The Labute approximate surface area is 158 Å². The Balaban J connectivity index is 1.73. The maximum absolute atomic E-state index is 13.2. The molecule has 0 fully saturated rings. The zero-order chi connectivity index (χ0) is 17.7. The maximum Gasteiger partial charge on any atom is 0.259 e. The average Bonchev–Trinajstić information content (AvgIpc) is 3.24. The quantitative estimate of drug-likeness (QED) is 0.507. The van der Waals surface area contributed by atoms with Crippen LogP contribution in [-0.2, 0) is 0 Å². The molecule has 5 rings (SSSR count). The van der Waals surface area contributed by atoms with Gasteiger partial charge in [0.2, 0.25) is 0 Å². The summed E-state index contributed by atoms with van der Waals surface area (Å²) in [6, 6.07) is 21.6. The number of nitrogens with one attached hydrogen (secondary N) is 1. The van der Waals surface area contributed by atoms with Crippen LogP contribution in [0.3, 0.4) is 0 Å². The summed E-state index contributed by atoms with van der Waals surface area (Å²) in [6.45, 7) is 0. The second-order valence-corrected chi connectivity index (χ2v) is 7.24. The van der Waals surface area contributed by atoms with Crippen LogP contribution in [0.4, 0.5) is 5.69 Å². The molecule has 4 nitrogen and oxygen atoms in total. The number of amides is 1. The van der Waals surface area contributed by atoms with E-state index in [4.69, 9.17) is 0 Å². The number of aromatic amines is 1. The molecule has 126 valence electrons. The van der Waals surface area contributed by atoms with Gasteiger partial charge in [0.05, 0.1) is 23.4 Å². The molecule has 1 unspecified atom stereocenters. The van der Waals surface area contributed by atoms with Crippen molar-refractivity contribution in [1.82, 2.24) is 9.97 Å². The van der Waals surface area contributed by atoms with E-state index in [9.17, 15) is 4.79 Å². The van der Waals surface area contributed by atoms with Gasteiger partial charge in [0.15, 0.2) is 0 Å². The van der Waals surface area contributed by atoms with Crippen molar-refractivity contribution < 1.29 is 4.79 Å². The van der Waals surface area contributed by atoms with Gasteiger partial charge < -0.3 is 4.98 Å². The average molecular weight is 404 g/mol. The first-order valence-electron chi connectivity index (χ1n) is 8.33. The summed E-state index contributed by atoms with van der Waals surface area (Å²) in [4.78, 5) is 22.5. The highest BCUT2D eigenvalue weighted by Gasteiger charge is 2.38. The predicted molar refractivity (Wildman–Crippen MR) is 105 cm³/mol. The lowest BCUT2D eigenvalue weighted by molar-refractivity contribution is 0.0993. The third kappa shape index (κ3) is 2.28. The monoisotopic (exact) mass is 403 g/mol. The molecule has 3 aromatic carbocycles. The molecule has 0 saturated carbocycles. The molecule has 1 aliphatic rings. The Morgan fingerprint density at radius 1 is 1.00 bits per heavy atom. The van der Waals surface area contributed by atoms with E-state index in [1.54, 1.807) is 6.33 Å². The van der Waals surface area contributed by atoms with Crippen molar-refractivity contribution in [2.24, 2.45) is 0 Å². The number of nitrogens with zero attached hydrogens (tertiary/aromatic N) is 2. The number of hydrogen-bond donors (Lipinski definition) is 1. The van der Waals surface area contributed by atoms with Gasteiger partial charge >= 0.3 is 0 Å². The summed E-state index contributed by atoms with van der Waals surface area (Å²) in [5.74, 6) is 0.0217. The van der Waals surface area contributed by atoms with Gasteiger partial charge in [0.1, 0.15) is 0 Å². The largest absolute Gasteiger partial charge is 0.345 e. The molecule has 5 heteroatoms. The first kappa shape index (κ1) is 15.3. The Morgan fingerprint density at radius 2 is 1.88 bits per heavy atom. The molecule has 26 heavy (non-hydrogen) atoms. The Hall–Kier alpha value is -2.92. The molecule has 4 aromatic rings. The van der Waals surface area contributed by atoms with Crippen LogP contribution in [0.5, 0.6) is 0 Å². The molecule has 1 amide bonds. The fourth-order valence-electron chi connectivity index (χ4n) is 3.66. The normalized spacial score (nSPS) is 16.3. The Kier molecular flexibility index (Phi) is 3.43. The molecule has 0 bridgehead atoms. The van der Waals surface area contributed by atoms with Crippen molar-refractivity contribution >= 4 is 38.6 Å². The van der Waals surface area contributed by atoms with Gasteiger partial charge in [0.25, 0.3) is 5.91 Å². The number of halogens is 1. The first-order valence-corrected chi connectivity index (χ1v) is 9.13. The van der Waals surface area contributed by atoms with Gasteiger partial charge in [-0.15, -0.1) is 0 Å². The zero-order valence-corrected chi connectivity index (χ0v) is 15.3. The summed E-state index contributed by atoms with van der Waals surface area (Å²) in [5.41, 5.74) is 5.59. The van der Waals surface area contributed by atoms with E-state index >= 15 is 0 Å². The number of aromatic nitrogens is 2. The van der Waals surface area contributed by atoms with E-state index in [2.05, 4.69) is 32.0 Å². The van der Waals surface area contributed by atoms with Crippen molar-refractivity contribution in [1.29, 1.82) is 0 Å². The fraction of sp³-hybridized carbons (Fsp3) is 0.0476. The number of anilines is 1. The van der Waals surface area contributed by atoms with E-state index in [0.717, 1.165) is 37.9 Å². The molecule has 0 saturated heterocycles. The number of hydrogen-bond acceptors (Lipinski definition) is 2. The lowest BCUT2D eigenvalue weighted by Gasteiger charge is -2.26. The number of imidazole rings is 1. The molecular weight excluding hydrogens is 390 g/mol. The molecule has 1 N–H and O–H groups in total. The van der Waals surface area contributed by atoms with Gasteiger partial charge in [-0.1, -0.05) is 46.3 Å². The SMILES string of the molecule is O=C1c2ccccc2C(c2ccc3nc[nH]c3c2)N1c1cccc(Br)c1. The van der Waals surface area contributed by atoms with E-state index < -0.39 is 0 Å². The van der Waals surface area contributed by atoms with Gasteiger partial charge in [-0.2, -0.15) is 0 Å². The number of H-pyrrole nitrogens is 1. The summed E-state index contributed by atoms with van der Waals surface area (Å²) < 4.78 is 0.946. The highest BCUT2D eigenvalue weighted by molar-refractivity contribution is 9.10. The van der Waals surface area contributed by atoms with Crippen molar-refractivity contribution in [3.05, 3.63) is 94.2 Å². The third-order valence-electron chi connectivity index (χ3n) is 4.81. The van der Waals surface area contributed by atoms with Crippen LogP contribution < -0.4 is 4.90 Å². The number of fused-ring (bicyclic) bond motifs is 2. The van der Waals surface area contributed by atoms with Crippen molar-refractivity contribution in [3.8, 4) is 0 Å². The van der Waals surface area contributed by atoms with Crippen LogP contribution in [0.1, 0.15) is 27.5 Å². The van der Waals surface area contributed by atoms with Crippen LogP contribution in [0.15, 0.2) is 77.5 Å². The minimum Gasteiger partial charge on any atom is -0.345 e. The van der Waals surface area contributed by atoms with Crippen molar-refractivity contribution in [2.75, 3.05) is 4.90 Å². The highest BCUT2D eigenvalue weighted by atomic mass is 79.9. The second-order valence-electron chi connectivity index (χ2n) is 6.32. The zero-order valence-electron chi connectivity index (χ0n) is 13.7. The molecule has 0 spiro atoms. The number of carbonyl (C=O) groups is 1. The van der Waals surface area contributed by atoms with Crippen LogP contribution in [0.2, 0.25) is 0 Å². The topological polar surface area (TPSA) is 49.0 Å². The smallest absolute Gasteiger partial charge is 0.259 e. The standard InChI is InChI=1S/C21H14BrN3O/c22-14-4-3-5-15(11-14)25-20(16-6-1-2-7-17(16)21(25)26)13-8-9-18-19(10-13)24-12-23-18/h1-12,20H,(H,23,24). The number of benzene rings is 3. The van der Waals surface area contributed by atoms with Gasteiger partial charge in [-0.3, -0.25) is 9.69 Å². The molecule has 1 aliphatic heterocycles. The van der Waals surface area contributed by atoms with E-state index in [1.165, 1.54) is 0 Å². The minimum atomic E-state index is -0.166. The van der Waals surface area contributed by atoms with Gasteiger partial charge in [0, 0.05) is 15.7 Å². The minimum absolute atomic E-state index is 0.0217. The maximum atomic E-state index is 13.2. The number of carbonyl (C=O) groups excluding carboxylic acids is 1. The predicted octanol–water partition coefficient (Wildman–Crippen LogP) is 5.08. The highest BCUT2D eigenvalue weighted by Crippen LogP contribution is 2.42. The number of rotatable bonds is 2. The molecule has 2 heterocycles. The molecule has 1 atom stereocenters. The van der Waals surface area contributed by atoms with Gasteiger partial charge in [-0.25, -0.2) is 4.98 Å². The molecular formula is C21H14BrN3O. The Bertz CT molecular complexity index is 1150. The molecule has 0 aliphatic carbocycles. The third-order valence-corrected chi connectivity index (χ3v) is 5.30. The van der Waals surface area contributed by atoms with Crippen molar-refractivity contribution in [3.63, 3.8) is 0 Å². The van der Waals surface area contributed by atoms with Crippen LogP contribution >= 0.6 is 15.9 Å². The summed E-state index contributed by atoms with van der Waals surface area (Å²) in [6.07, 6.45) is 1.69. The summed E-state index contributed by atoms with van der Waals surface area (Å²) >= 11 is 3.52. The lowest BCUT2D eigenvalue weighted by atomic mass is 9.97. The first-order chi connectivity index (χ1) is 12.7. The van der Waals surface area contributed by atoms with E-state index in [0.29, 0.717) is 0 Å². The van der Waals surface area contributed by atoms with Crippen molar-refractivity contribution in [2.45, 2.75) is 6.04 Å². The summed E-state index contributed by atoms with van der Waals surface area (Å²) in [7, 11) is 0. The van der Waals surface area contributed by atoms with Crippen LogP contribution in [-0.4, -0.2) is 15.9 Å². The van der Waals surface area contributed by atoms with E-state index in [-0.39, 0.29) is 11.9 Å². The van der Waals surface area contributed by atoms with E-state index in [1.807, 2.05) is 65.6 Å². The Morgan fingerprint density at radius 3 is 2.77 bits per heavy atom. The second kappa shape index (κ2) is 5.81. The van der Waals surface area contributed by atoms with Crippen LogP contribution in [0.25, 0.3) is 11.0 Å². The molecule has 1 aromatic heterocycles.